The fraction of sp³-hybridized carbons (Fsp3) is 0.333. The molecule has 0 unspecified atom stereocenters. The molecule has 2 heterocycles. The van der Waals surface area contributed by atoms with Crippen LogP contribution in [0.15, 0.2) is 72.8 Å². The summed E-state index contributed by atoms with van der Waals surface area (Å²) in [6, 6.07) is 19.9. The van der Waals surface area contributed by atoms with Crippen LogP contribution in [-0.2, 0) is 27.4 Å². The number of hydrogen-bond donors (Lipinski definition) is 0. The van der Waals surface area contributed by atoms with Gasteiger partial charge in [-0.25, -0.2) is 0 Å². The van der Waals surface area contributed by atoms with Gasteiger partial charge in [0.25, 0.3) is 5.69 Å². The van der Waals surface area contributed by atoms with Crippen molar-refractivity contribution in [2.45, 2.75) is 20.0 Å². The van der Waals surface area contributed by atoms with E-state index in [0.717, 1.165) is 23.5 Å². The third-order valence-electron chi connectivity index (χ3n) is 6.66. The molecular weight excluding hydrogens is 528 g/mol. The standard InChI is InChI=1S/C30H34N4O5S/c1-24-7-13-28(40-24)22-33(21-26-5-3-2-4-6-26)30(36)23-32(16-15-31-17-19-39-20-18-31)29(35)14-10-25-8-11-27(12-9-25)34(37)38/h2-14H,15-23H2,1H3. The van der Waals surface area contributed by atoms with Gasteiger partial charge < -0.3 is 14.5 Å². The summed E-state index contributed by atoms with van der Waals surface area (Å²) >= 11 is 1.66. The van der Waals surface area contributed by atoms with Gasteiger partial charge in [-0.3, -0.25) is 24.6 Å². The average Bonchev–Trinajstić information content (AvgIpc) is 3.39. The Labute approximate surface area is 238 Å². The Bertz CT molecular complexity index is 1300. The second-order valence-corrected chi connectivity index (χ2v) is 11.0. The molecule has 4 rings (SSSR count). The second kappa shape index (κ2) is 14.5. The molecule has 0 aliphatic carbocycles. The molecule has 1 fully saturated rings. The Morgan fingerprint density at radius 3 is 2.38 bits per heavy atom. The molecular formula is C30H34N4O5S. The summed E-state index contributed by atoms with van der Waals surface area (Å²) in [5, 5.41) is 10.9. The number of nitro benzene ring substituents is 1. The zero-order valence-electron chi connectivity index (χ0n) is 22.6. The number of nitro groups is 1. The highest BCUT2D eigenvalue weighted by molar-refractivity contribution is 7.11. The number of ether oxygens (including phenoxy) is 1. The van der Waals surface area contributed by atoms with Gasteiger partial charge in [0.15, 0.2) is 0 Å². The summed E-state index contributed by atoms with van der Waals surface area (Å²) in [5.41, 5.74) is 1.67. The van der Waals surface area contributed by atoms with Crippen LogP contribution in [0.3, 0.4) is 0 Å². The number of carbonyl (C=O) groups excluding carboxylic acids is 2. The van der Waals surface area contributed by atoms with Crippen molar-refractivity contribution in [3.05, 3.63) is 104 Å². The van der Waals surface area contributed by atoms with Crippen LogP contribution >= 0.6 is 11.3 Å². The zero-order chi connectivity index (χ0) is 28.3. The van der Waals surface area contributed by atoms with Crippen LogP contribution in [0, 0.1) is 17.0 Å². The van der Waals surface area contributed by atoms with Gasteiger partial charge in [-0.1, -0.05) is 30.3 Å². The number of rotatable bonds is 12. The molecule has 2 aromatic carbocycles. The number of benzene rings is 2. The van der Waals surface area contributed by atoms with Crippen LogP contribution < -0.4 is 0 Å². The number of aryl methyl sites for hydroxylation is 1. The van der Waals surface area contributed by atoms with Gasteiger partial charge in [0.2, 0.25) is 11.8 Å². The second-order valence-electron chi connectivity index (χ2n) is 9.64. The van der Waals surface area contributed by atoms with E-state index in [1.165, 1.54) is 23.1 Å². The lowest BCUT2D eigenvalue weighted by molar-refractivity contribution is -0.384. The maximum absolute atomic E-state index is 13.7. The van der Waals surface area contributed by atoms with E-state index >= 15 is 0 Å². The summed E-state index contributed by atoms with van der Waals surface area (Å²) in [7, 11) is 0. The van der Waals surface area contributed by atoms with Gasteiger partial charge in [-0.2, -0.15) is 0 Å². The summed E-state index contributed by atoms with van der Waals surface area (Å²) in [4.78, 5) is 45.4. The molecule has 3 aromatic rings. The van der Waals surface area contributed by atoms with E-state index < -0.39 is 4.92 Å². The molecule has 10 heteroatoms. The number of carbonyl (C=O) groups is 2. The lowest BCUT2D eigenvalue weighted by atomic mass is 10.2. The highest BCUT2D eigenvalue weighted by atomic mass is 32.1. The number of non-ortho nitro benzene ring substituents is 1. The zero-order valence-corrected chi connectivity index (χ0v) is 23.4. The lowest BCUT2D eigenvalue weighted by Crippen LogP contribution is -2.46. The van der Waals surface area contributed by atoms with Crippen molar-refractivity contribution in [3.8, 4) is 0 Å². The first-order valence-corrected chi connectivity index (χ1v) is 14.1. The topological polar surface area (TPSA) is 96.2 Å². The first kappa shape index (κ1) is 29.1. The molecule has 1 aliphatic heterocycles. The monoisotopic (exact) mass is 562 g/mol. The van der Waals surface area contributed by atoms with E-state index in [0.29, 0.717) is 45.0 Å². The van der Waals surface area contributed by atoms with E-state index in [-0.39, 0.29) is 24.0 Å². The molecule has 0 spiro atoms. The Balaban J connectivity index is 1.49. The van der Waals surface area contributed by atoms with Crippen molar-refractivity contribution < 1.29 is 19.2 Å². The molecule has 1 aliphatic rings. The highest BCUT2D eigenvalue weighted by Crippen LogP contribution is 2.19. The average molecular weight is 563 g/mol. The van der Waals surface area contributed by atoms with E-state index in [1.54, 1.807) is 39.3 Å². The Kier molecular flexibility index (Phi) is 10.6. The van der Waals surface area contributed by atoms with E-state index in [4.69, 9.17) is 4.74 Å². The normalized spacial score (nSPS) is 13.8. The van der Waals surface area contributed by atoms with Gasteiger partial charge in [0.1, 0.15) is 6.54 Å². The SMILES string of the molecule is Cc1ccc(CN(Cc2ccccc2)C(=O)CN(CCN2CCOCC2)C(=O)C=Cc2ccc([N+](=O)[O-])cc2)s1. The molecule has 9 nitrogen and oxygen atoms in total. The summed E-state index contributed by atoms with van der Waals surface area (Å²) in [5.74, 6) is -0.416. The van der Waals surface area contributed by atoms with Crippen LogP contribution in [0.1, 0.15) is 20.9 Å². The van der Waals surface area contributed by atoms with Crippen molar-refractivity contribution in [1.29, 1.82) is 0 Å². The number of nitrogens with zero attached hydrogens (tertiary/aromatic N) is 4. The van der Waals surface area contributed by atoms with Crippen molar-refractivity contribution in [2.24, 2.45) is 0 Å². The Hall–Kier alpha value is -3.86. The fourth-order valence-corrected chi connectivity index (χ4v) is 5.30. The smallest absolute Gasteiger partial charge is 0.269 e. The fourth-order valence-electron chi connectivity index (χ4n) is 4.39. The van der Waals surface area contributed by atoms with Crippen molar-refractivity contribution in [2.75, 3.05) is 45.9 Å². The molecule has 0 atom stereocenters. The van der Waals surface area contributed by atoms with Gasteiger partial charge in [-0.15, -0.1) is 11.3 Å². The number of morpholine rings is 1. The predicted molar refractivity (Wildman–Crippen MR) is 156 cm³/mol. The minimum absolute atomic E-state index is 0.0133. The van der Waals surface area contributed by atoms with Gasteiger partial charge in [0, 0.05) is 60.7 Å². The van der Waals surface area contributed by atoms with E-state index in [1.807, 2.05) is 49.4 Å². The molecule has 0 radical (unpaired) electrons. The van der Waals surface area contributed by atoms with Crippen LogP contribution in [0.2, 0.25) is 0 Å². The summed E-state index contributed by atoms with van der Waals surface area (Å²) in [6.45, 7) is 6.81. The Morgan fingerprint density at radius 2 is 1.73 bits per heavy atom. The van der Waals surface area contributed by atoms with Crippen LogP contribution in [0.5, 0.6) is 0 Å². The highest BCUT2D eigenvalue weighted by Gasteiger charge is 2.22. The van der Waals surface area contributed by atoms with E-state index in [2.05, 4.69) is 4.90 Å². The van der Waals surface area contributed by atoms with E-state index in [9.17, 15) is 19.7 Å². The molecule has 1 aromatic heterocycles. The molecule has 1 saturated heterocycles. The summed E-state index contributed by atoms with van der Waals surface area (Å²) < 4.78 is 5.44. The largest absolute Gasteiger partial charge is 0.379 e. The molecule has 0 N–H and O–H groups in total. The predicted octanol–water partition coefficient (Wildman–Crippen LogP) is 4.37. The first-order chi connectivity index (χ1) is 19.4. The maximum Gasteiger partial charge on any atom is 0.269 e. The maximum atomic E-state index is 13.7. The van der Waals surface area contributed by atoms with Gasteiger partial charge >= 0.3 is 0 Å². The molecule has 0 bridgehead atoms. The first-order valence-electron chi connectivity index (χ1n) is 13.3. The number of thiophene rings is 1. The molecule has 210 valence electrons. The van der Waals surface area contributed by atoms with Crippen molar-refractivity contribution in [1.82, 2.24) is 14.7 Å². The third kappa shape index (κ3) is 8.84. The minimum atomic E-state index is -0.462. The number of amides is 2. The van der Waals surface area contributed by atoms with Crippen LogP contribution in [0.25, 0.3) is 6.08 Å². The molecule has 0 saturated carbocycles. The quantitative estimate of drug-likeness (QED) is 0.185. The molecule has 2 amide bonds. The molecule has 40 heavy (non-hydrogen) atoms. The van der Waals surface area contributed by atoms with Gasteiger partial charge in [-0.05, 0) is 48.4 Å². The van der Waals surface area contributed by atoms with Crippen molar-refractivity contribution >= 4 is 34.9 Å². The third-order valence-corrected chi connectivity index (χ3v) is 7.65. The number of hydrogen-bond acceptors (Lipinski definition) is 7. The van der Waals surface area contributed by atoms with Crippen LogP contribution in [-0.4, -0.2) is 77.4 Å². The summed E-state index contributed by atoms with van der Waals surface area (Å²) in [6.07, 6.45) is 3.05. The van der Waals surface area contributed by atoms with Gasteiger partial charge in [0.05, 0.1) is 24.7 Å². The lowest BCUT2D eigenvalue weighted by Gasteiger charge is -2.31. The van der Waals surface area contributed by atoms with Crippen molar-refractivity contribution in [3.63, 3.8) is 0 Å². The Morgan fingerprint density at radius 1 is 1.00 bits per heavy atom. The van der Waals surface area contributed by atoms with Crippen LogP contribution in [0.4, 0.5) is 5.69 Å². The minimum Gasteiger partial charge on any atom is -0.379 e.